The fourth-order valence-electron chi connectivity index (χ4n) is 3.70. The topological polar surface area (TPSA) is 29.9 Å². The van der Waals surface area contributed by atoms with Gasteiger partial charge in [0.05, 0.1) is 5.52 Å². The van der Waals surface area contributed by atoms with Crippen LogP contribution in [0.4, 0.5) is 0 Å². The Morgan fingerprint density at radius 2 is 1.92 bits per heavy atom. The number of benzene rings is 2. The third-order valence-corrected chi connectivity index (χ3v) is 4.98. The molecule has 0 bridgehead atoms. The third kappa shape index (κ3) is 2.14. The first-order valence-electron chi connectivity index (χ1n) is 10.1. The highest BCUT2D eigenvalue weighted by Gasteiger charge is 2.22. The number of rotatable bonds is 1. The lowest BCUT2D eigenvalue weighted by atomic mass is 10.0. The first-order chi connectivity index (χ1) is 13.8. The van der Waals surface area contributed by atoms with E-state index in [4.69, 9.17) is 8.53 Å². The SMILES string of the molecule is [2H]C([2H])([2H])c1ccc(-c2ccc3oc4nc5ccccc5cc4c3[n+]2C)c(C)c1. The second-order valence-corrected chi connectivity index (χ2v) is 6.66. The minimum atomic E-state index is -2.11. The molecule has 126 valence electrons. The predicted octanol–water partition coefficient (Wildman–Crippen LogP) is 5.24. The molecule has 0 fully saturated rings. The van der Waals surface area contributed by atoms with Crippen molar-refractivity contribution in [3.63, 3.8) is 0 Å². The van der Waals surface area contributed by atoms with Gasteiger partial charge < -0.3 is 4.42 Å². The Bertz CT molecular complexity index is 1420. The second kappa shape index (κ2) is 5.40. The van der Waals surface area contributed by atoms with Crippen LogP contribution in [0.1, 0.15) is 15.2 Å². The van der Waals surface area contributed by atoms with E-state index in [2.05, 4.69) is 15.6 Å². The quantitative estimate of drug-likeness (QED) is 0.390. The Balaban J connectivity index is 1.76. The zero-order valence-electron chi connectivity index (χ0n) is 17.6. The van der Waals surface area contributed by atoms with Crippen LogP contribution in [0.15, 0.2) is 65.1 Å². The van der Waals surface area contributed by atoms with Gasteiger partial charge in [0.15, 0.2) is 0 Å². The maximum absolute atomic E-state index is 7.64. The highest BCUT2D eigenvalue weighted by Crippen LogP contribution is 2.30. The Morgan fingerprint density at radius 1 is 1.04 bits per heavy atom. The molecule has 5 aromatic rings. The van der Waals surface area contributed by atoms with Crippen molar-refractivity contribution in [3.8, 4) is 11.3 Å². The van der Waals surface area contributed by atoms with Crippen molar-refractivity contribution in [1.29, 1.82) is 0 Å². The Labute approximate surface area is 155 Å². The van der Waals surface area contributed by atoms with Crippen LogP contribution >= 0.6 is 0 Å². The molecule has 0 saturated heterocycles. The zero-order chi connectivity index (χ0) is 20.3. The van der Waals surface area contributed by atoms with Crippen molar-refractivity contribution < 1.29 is 13.1 Å². The number of pyridine rings is 2. The summed E-state index contributed by atoms with van der Waals surface area (Å²) in [7, 11) is 2.00. The van der Waals surface area contributed by atoms with E-state index in [9.17, 15) is 0 Å². The van der Waals surface area contributed by atoms with E-state index in [0.717, 1.165) is 44.2 Å². The van der Waals surface area contributed by atoms with Crippen LogP contribution in [0.5, 0.6) is 0 Å². The van der Waals surface area contributed by atoms with Gasteiger partial charge in [-0.15, -0.1) is 0 Å². The van der Waals surface area contributed by atoms with Gasteiger partial charge >= 0.3 is 0 Å². The van der Waals surface area contributed by atoms with Crippen LogP contribution < -0.4 is 4.57 Å². The number of fused-ring (bicyclic) bond motifs is 4. The fourth-order valence-corrected chi connectivity index (χ4v) is 3.70. The van der Waals surface area contributed by atoms with Gasteiger partial charge in [0.2, 0.25) is 17.0 Å². The Hall–Kier alpha value is -3.20. The van der Waals surface area contributed by atoms with Gasteiger partial charge in [-0.25, -0.2) is 4.98 Å². The van der Waals surface area contributed by atoms with Crippen LogP contribution in [-0.2, 0) is 7.05 Å². The maximum atomic E-state index is 7.64. The minimum Gasteiger partial charge on any atom is -0.431 e. The minimum absolute atomic E-state index is 0.354. The van der Waals surface area contributed by atoms with E-state index >= 15 is 0 Å². The maximum Gasteiger partial charge on any atom is 0.261 e. The summed E-state index contributed by atoms with van der Waals surface area (Å²) in [6.45, 7) is -0.166. The molecule has 0 N–H and O–H groups in total. The Morgan fingerprint density at radius 3 is 2.77 bits per heavy atom. The molecule has 2 aromatic carbocycles. The number of furan rings is 1. The summed E-state index contributed by atoms with van der Waals surface area (Å²) in [4.78, 5) is 4.67. The molecule has 0 aliphatic carbocycles. The molecule has 26 heavy (non-hydrogen) atoms. The number of nitrogens with zero attached hydrogens (tertiary/aromatic N) is 2. The van der Waals surface area contributed by atoms with Gasteiger partial charge in [0.1, 0.15) is 12.4 Å². The smallest absolute Gasteiger partial charge is 0.261 e. The standard InChI is InChI=1S/C23H19N2O/c1-14-8-9-17(15(2)12-14)20-10-11-21-22(25(20)3)18-13-16-6-4-5-7-19(16)24-23(18)26-21/h4-13H,1-3H3/q+1/i1D3. The molecule has 0 amide bonds. The van der Waals surface area contributed by atoms with Crippen molar-refractivity contribution in [2.24, 2.45) is 7.05 Å². The summed E-state index contributed by atoms with van der Waals surface area (Å²) >= 11 is 0. The molecule has 3 heterocycles. The van der Waals surface area contributed by atoms with E-state index in [-0.39, 0.29) is 0 Å². The number of hydrogen-bond acceptors (Lipinski definition) is 2. The van der Waals surface area contributed by atoms with Gasteiger partial charge in [0, 0.05) is 21.1 Å². The average Bonchev–Trinajstić information content (AvgIpc) is 3.04. The van der Waals surface area contributed by atoms with E-state index in [1.807, 2.05) is 56.4 Å². The lowest BCUT2D eigenvalue weighted by molar-refractivity contribution is -0.632. The molecule has 0 radical (unpaired) electrons. The second-order valence-electron chi connectivity index (χ2n) is 6.66. The van der Waals surface area contributed by atoms with Gasteiger partial charge in [-0.05, 0) is 43.6 Å². The molecule has 3 heteroatoms. The van der Waals surface area contributed by atoms with E-state index in [0.29, 0.717) is 11.3 Å². The van der Waals surface area contributed by atoms with Gasteiger partial charge in [-0.1, -0.05) is 35.9 Å². The molecule has 0 aliphatic rings. The van der Waals surface area contributed by atoms with Crippen LogP contribution in [0.25, 0.3) is 44.4 Å². The summed E-state index contributed by atoms with van der Waals surface area (Å²) in [5.74, 6) is 0. The number of hydrogen-bond donors (Lipinski definition) is 0. The summed E-state index contributed by atoms with van der Waals surface area (Å²) < 4.78 is 31.0. The molecular formula is C23H19N2O+. The first kappa shape index (κ1) is 12.2. The highest BCUT2D eigenvalue weighted by atomic mass is 16.3. The molecule has 0 atom stereocenters. The van der Waals surface area contributed by atoms with Crippen LogP contribution in [0, 0.1) is 13.8 Å². The van der Waals surface area contributed by atoms with Crippen molar-refractivity contribution in [2.75, 3.05) is 0 Å². The molecule has 0 aliphatic heterocycles. The number of para-hydroxylation sites is 1. The molecule has 3 nitrogen and oxygen atoms in total. The van der Waals surface area contributed by atoms with Gasteiger partial charge in [-0.2, -0.15) is 4.57 Å². The lowest BCUT2D eigenvalue weighted by Gasteiger charge is -2.06. The summed E-state index contributed by atoms with van der Waals surface area (Å²) in [5.41, 5.74) is 6.50. The summed E-state index contributed by atoms with van der Waals surface area (Å²) in [6.07, 6.45) is 0. The molecule has 0 unspecified atom stereocenters. The fraction of sp³-hybridized carbons (Fsp3) is 0.130. The van der Waals surface area contributed by atoms with Crippen LogP contribution in [0.3, 0.4) is 0 Å². The summed E-state index contributed by atoms with van der Waals surface area (Å²) in [5, 5.41) is 2.02. The average molecular weight is 342 g/mol. The van der Waals surface area contributed by atoms with Gasteiger partial charge in [0.25, 0.3) is 5.52 Å². The van der Waals surface area contributed by atoms with Gasteiger partial charge in [-0.3, -0.25) is 0 Å². The summed E-state index contributed by atoms with van der Waals surface area (Å²) in [6, 6.07) is 19.4. The first-order valence-corrected chi connectivity index (χ1v) is 8.55. The number of aromatic nitrogens is 2. The molecule has 5 rings (SSSR count). The third-order valence-electron chi connectivity index (χ3n) is 4.98. The molecule has 0 spiro atoms. The van der Waals surface area contributed by atoms with Crippen molar-refractivity contribution in [3.05, 3.63) is 71.8 Å². The molecule has 3 aromatic heterocycles. The lowest BCUT2D eigenvalue weighted by Crippen LogP contribution is -2.31. The van der Waals surface area contributed by atoms with E-state index in [1.54, 1.807) is 12.1 Å². The van der Waals surface area contributed by atoms with Crippen LogP contribution in [-0.4, -0.2) is 4.98 Å². The van der Waals surface area contributed by atoms with Crippen LogP contribution in [0.2, 0.25) is 0 Å². The molecule has 0 saturated carbocycles. The zero-order valence-corrected chi connectivity index (χ0v) is 14.6. The normalized spacial score (nSPS) is 13.8. The van der Waals surface area contributed by atoms with E-state index < -0.39 is 6.85 Å². The molecular weight excluding hydrogens is 320 g/mol. The number of aryl methyl sites for hydroxylation is 3. The highest BCUT2D eigenvalue weighted by molar-refractivity contribution is 6.04. The largest absolute Gasteiger partial charge is 0.431 e. The predicted molar refractivity (Wildman–Crippen MR) is 105 cm³/mol. The van der Waals surface area contributed by atoms with Crippen molar-refractivity contribution in [2.45, 2.75) is 13.8 Å². The van der Waals surface area contributed by atoms with Crippen molar-refractivity contribution in [1.82, 2.24) is 4.98 Å². The van der Waals surface area contributed by atoms with E-state index in [1.165, 1.54) is 0 Å². The Kier molecular flexibility index (Phi) is 2.53. The van der Waals surface area contributed by atoms with Crippen molar-refractivity contribution >= 4 is 33.1 Å². The monoisotopic (exact) mass is 342 g/mol.